The minimum atomic E-state index is -0.142. The molecule has 0 saturated carbocycles. The van der Waals surface area contributed by atoms with Gasteiger partial charge >= 0.3 is 0 Å². The zero-order valence-corrected chi connectivity index (χ0v) is 16.9. The number of fused-ring (bicyclic) bond motifs is 2. The maximum absolute atomic E-state index is 11.7. The summed E-state index contributed by atoms with van der Waals surface area (Å²) >= 11 is 1.40. The van der Waals surface area contributed by atoms with E-state index in [0.717, 1.165) is 27.0 Å². The SMILES string of the molecule is COc1ccc2c(Nc3cc(C)[nH]n3)nc(Sc3ccc4c(=O)[nH][nH]c4c3)nc2c1. The van der Waals surface area contributed by atoms with Crippen molar-refractivity contribution in [2.45, 2.75) is 17.0 Å². The molecule has 5 rings (SSSR count). The van der Waals surface area contributed by atoms with Crippen LogP contribution >= 0.6 is 11.8 Å². The first-order valence-corrected chi connectivity index (χ1v) is 9.94. The molecule has 0 amide bonds. The number of nitrogens with one attached hydrogen (secondary N) is 4. The zero-order valence-electron chi connectivity index (χ0n) is 16.1. The van der Waals surface area contributed by atoms with Gasteiger partial charge in [0.2, 0.25) is 0 Å². The average molecular weight is 419 g/mol. The van der Waals surface area contributed by atoms with Crippen LogP contribution in [0.5, 0.6) is 5.75 Å². The van der Waals surface area contributed by atoms with Crippen LogP contribution < -0.4 is 15.6 Å². The second-order valence-corrected chi connectivity index (χ2v) is 7.73. The molecule has 0 aliphatic rings. The van der Waals surface area contributed by atoms with Crippen LogP contribution in [-0.2, 0) is 0 Å². The van der Waals surface area contributed by atoms with E-state index in [0.29, 0.717) is 27.9 Å². The van der Waals surface area contributed by atoms with Crippen LogP contribution in [0.1, 0.15) is 5.69 Å². The normalized spacial score (nSPS) is 11.3. The fraction of sp³-hybridized carbons (Fsp3) is 0.100. The highest BCUT2D eigenvalue weighted by atomic mass is 32.2. The van der Waals surface area contributed by atoms with Crippen LogP contribution in [0.3, 0.4) is 0 Å². The van der Waals surface area contributed by atoms with E-state index in [1.165, 1.54) is 11.8 Å². The molecule has 0 radical (unpaired) electrons. The number of ether oxygens (including phenoxy) is 1. The monoisotopic (exact) mass is 419 g/mol. The molecule has 4 N–H and O–H groups in total. The summed E-state index contributed by atoms with van der Waals surface area (Å²) in [6.45, 7) is 1.93. The average Bonchev–Trinajstić information content (AvgIpc) is 3.32. The molecule has 5 aromatic rings. The van der Waals surface area contributed by atoms with Crippen LogP contribution in [0.4, 0.5) is 11.6 Å². The van der Waals surface area contributed by atoms with Crippen molar-refractivity contribution in [1.29, 1.82) is 0 Å². The van der Waals surface area contributed by atoms with Gasteiger partial charge in [0.1, 0.15) is 11.6 Å². The number of hydrogen-bond donors (Lipinski definition) is 4. The van der Waals surface area contributed by atoms with Crippen LogP contribution in [0.2, 0.25) is 0 Å². The lowest BCUT2D eigenvalue weighted by molar-refractivity contribution is 0.415. The first kappa shape index (κ1) is 18.3. The molecule has 0 unspecified atom stereocenters. The molecule has 3 heterocycles. The van der Waals surface area contributed by atoms with Crippen molar-refractivity contribution in [2.24, 2.45) is 0 Å². The van der Waals surface area contributed by atoms with E-state index >= 15 is 0 Å². The lowest BCUT2D eigenvalue weighted by Crippen LogP contribution is -1.99. The molecule has 30 heavy (non-hydrogen) atoms. The van der Waals surface area contributed by atoms with Crippen molar-refractivity contribution in [2.75, 3.05) is 12.4 Å². The Balaban J connectivity index is 1.58. The molecular formula is C20H17N7O2S. The molecule has 0 saturated heterocycles. The Hall–Kier alpha value is -3.79. The predicted molar refractivity (Wildman–Crippen MR) is 116 cm³/mol. The van der Waals surface area contributed by atoms with Crippen molar-refractivity contribution in [1.82, 2.24) is 30.4 Å². The maximum Gasteiger partial charge on any atom is 0.271 e. The van der Waals surface area contributed by atoms with Gasteiger partial charge in [-0.25, -0.2) is 9.97 Å². The lowest BCUT2D eigenvalue weighted by Gasteiger charge is -2.10. The number of nitrogens with zero attached hydrogens (tertiary/aromatic N) is 3. The van der Waals surface area contributed by atoms with E-state index in [1.54, 1.807) is 13.2 Å². The van der Waals surface area contributed by atoms with E-state index in [-0.39, 0.29) is 5.56 Å². The van der Waals surface area contributed by atoms with E-state index in [2.05, 4.69) is 25.7 Å². The molecule has 0 aliphatic carbocycles. The summed E-state index contributed by atoms with van der Waals surface area (Å²) in [7, 11) is 1.62. The number of hydrogen-bond acceptors (Lipinski definition) is 7. The van der Waals surface area contributed by atoms with Crippen LogP contribution in [0.25, 0.3) is 21.8 Å². The van der Waals surface area contributed by atoms with Gasteiger partial charge in [-0.3, -0.25) is 20.1 Å². The third kappa shape index (κ3) is 3.37. The van der Waals surface area contributed by atoms with E-state index in [1.807, 2.05) is 43.3 Å². The third-order valence-corrected chi connectivity index (χ3v) is 5.45. The summed E-state index contributed by atoms with van der Waals surface area (Å²) in [6, 6.07) is 13.1. The smallest absolute Gasteiger partial charge is 0.271 e. The summed E-state index contributed by atoms with van der Waals surface area (Å²) in [4.78, 5) is 22.0. The van der Waals surface area contributed by atoms with Crippen molar-refractivity contribution < 1.29 is 4.74 Å². The third-order valence-electron chi connectivity index (χ3n) is 4.59. The fourth-order valence-electron chi connectivity index (χ4n) is 3.14. The summed E-state index contributed by atoms with van der Waals surface area (Å²) in [5.41, 5.74) is 2.29. The standard InChI is InChI=1S/C20H17N7O2S/c1-10-7-17(26-24-10)22-18-13-5-3-11(29-2)8-15(13)21-20(23-18)30-12-4-6-14-16(9-12)25-27-19(14)28/h3-9H,1-2H3,(H2,25,27,28)(H2,21,22,23,24,26). The van der Waals surface area contributed by atoms with Crippen LogP contribution in [-0.4, -0.2) is 37.5 Å². The first-order valence-electron chi connectivity index (χ1n) is 9.12. The van der Waals surface area contributed by atoms with Gasteiger partial charge in [-0.1, -0.05) is 0 Å². The Kier molecular flexibility index (Phi) is 4.40. The molecule has 3 aromatic heterocycles. The topological polar surface area (TPSA) is 124 Å². The van der Waals surface area contributed by atoms with Crippen molar-refractivity contribution in [3.8, 4) is 5.75 Å². The second kappa shape index (κ2) is 7.23. The Labute approximate surface area is 174 Å². The Morgan fingerprint density at radius 3 is 2.70 bits per heavy atom. The summed E-state index contributed by atoms with van der Waals surface area (Å²) in [6.07, 6.45) is 0. The largest absolute Gasteiger partial charge is 0.497 e. The summed E-state index contributed by atoms with van der Waals surface area (Å²) in [5.74, 6) is 2.03. The second-order valence-electron chi connectivity index (χ2n) is 6.69. The number of aromatic nitrogens is 6. The fourth-order valence-corrected chi connectivity index (χ4v) is 3.95. The number of H-pyrrole nitrogens is 3. The van der Waals surface area contributed by atoms with Gasteiger partial charge < -0.3 is 10.1 Å². The van der Waals surface area contributed by atoms with Gasteiger partial charge in [0.15, 0.2) is 11.0 Å². The highest BCUT2D eigenvalue weighted by Crippen LogP contribution is 2.32. The number of anilines is 2. The highest BCUT2D eigenvalue weighted by molar-refractivity contribution is 7.99. The van der Waals surface area contributed by atoms with E-state index < -0.39 is 0 Å². The van der Waals surface area contributed by atoms with Gasteiger partial charge in [0.25, 0.3) is 5.56 Å². The van der Waals surface area contributed by atoms with Gasteiger partial charge in [0, 0.05) is 28.1 Å². The van der Waals surface area contributed by atoms with Gasteiger partial charge in [-0.05, 0) is 49.0 Å². The van der Waals surface area contributed by atoms with Crippen molar-refractivity contribution in [3.63, 3.8) is 0 Å². The predicted octanol–water partition coefficient (Wildman–Crippen LogP) is 3.73. The summed E-state index contributed by atoms with van der Waals surface area (Å²) < 4.78 is 5.35. The van der Waals surface area contributed by atoms with Gasteiger partial charge in [0.05, 0.1) is 23.5 Å². The molecule has 2 aromatic carbocycles. The Morgan fingerprint density at radius 2 is 1.90 bits per heavy atom. The van der Waals surface area contributed by atoms with Gasteiger partial charge in [-0.15, -0.1) is 0 Å². The number of methoxy groups -OCH3 is 1. The molecule has 0 bridgehead atoms. The zero-order chi connectivity index (χ0) is 20.7. The van der Waals surface area contributed by atoms with Crippen molar-refractivity contribution in [3.05, 3.63) is 58.5 Å². The number of rotatable bonds is 5. The van der Waals surface area contributed by atoms with Crippen LogP contribution in [0, 0.1) is 6.92 Å². The minimum absolute atomic E-state index is 0.142. The molecule has 0 spiro atoms. The quantitative estimate of drug-likeness (QED) is 0.320. The molecule has 0 aliphatic heterocycles. The Bertz CT molecular complexity index is 1440. The number of aromatic amines is 3. The summed E-state index contributed by atoms with van der Waals surface area (Å²) in [5, 5.41) is 17.9. The molecule has 10 heteroatoms. The Morgan fingerprint density at radius 1 is 1.03 bits per heavy atom. The molecule has 0 fully saturated rings. The first-order chi connectivity index (χ1) is 14.6. The van der Waals surface area contributed by atoms with E-state index in [9.17, 15) is 4.79 Å². The molecule has 9 nitrogen and oxygen atoms in total. The van der Waals surface area contributed by atoms with Crippen LogP contribution in [0.15, 0.2) is 57.3 Å². The lowest BCUT2D eigenvalue weighted by atomic mass is 10.2. The van der Waals surface area contributed by atoms with Gasteiger partial charge in [-0.2, -0.15) is 5.10 Å². The molecule has 0 atom stereocenters. The number of benzene rings is 2. The molecule has 150 valence electrons. The number of aryl methyl sites for hydroxylation is 1. The molecular weight excluding hydrogens is 402 g/mol. The highest BCUT2D eigenvalue weighted by Gasteiger charge is 2.12. The maximum atomic E-state index is 11.7. The van der Waals surface area contributed by atoms with E-state index in [4.69, 9.17) is 14.7 Å². The minimum Gasteiger partial charge on any atom is -0.497 e. The van der Waals surface area contributed by atoms with Crippen molar-refractivity contribution >= 4 is 45.2 Å².